The molecule has 0 spiro atoms. The molecular weight excluding hydrogens is 196 g/mol. The van der Waals surface area contributed by atoms with E-state index in [2.05, 4.69) is 10.6 Å². The Morgan fingerprint density at radius 3 is 2.93 bits per heavy atom. The van der Waals surface area contributed by atoms with Crippen LogP contribution in [0.2, 0.25) is 0 Å². The predicted molar refractivity (Wildman–Crippen MR) is 54.6 cm³/mol. The first-order valence-electron chi connectivity index (χ1n) is 5.49. The summed E-state index contributed by atoms with van der Waals surface area (Å²) in [5.41, 5.74) is 0. The van der Waals surface area contributed by atoms with Crippen molar-refractivity contribution in [2.75, 3.05) is 26.3 Å². The fourth-order valence-electron chi connectivity index (χ4n) is 1.74. The van der Waals surface area contributed by atoms with Crippen LogP contribution >= 0.6 is 0 Å². The van der Waals surface area contributed by atoms with E-state index in [1.807, 2.05) is 6.92 Å². The van der Waals surface area contributed by atoms with Gasteiger partial charge in [-0.3, -0.25) is 4.79 Å². The number of rotatable bonds is 4. The van der Waals surface area contributed by atoms with E-state index in [9.17, 15) is 4.79 Å². The third-order valence-corrected chi connectivity index (χ3v) is 2.92. The number of hydrogen-bond acceptors (Lipinski definition) is 4. The van der Waals surface area contributed by atoms with Gasteiger partial charge in [-0.25, -0.2) is 0 Å². The Bertz CT molecular complexity index is 231. The Kier molecular flexibility index (Phi) is 3.56. The van der Waals surface area contributed by atoms with E-state index >= 15 is 0 Å². The second-order valence-electron chi connectivity index (χ2n) is 4.13. The summed E-state index contributed by atoms with van der Waals surface area (Å²) in [4.78, 5) is 11.5. The quantitative estimate of drug-likeness (QED) is 0.647. The fourth-order valence-corrected chi connectivity index (χ4v) is 1.74. The molecule has 5 heteroatoms. The van der Waals surface area contributed by atoms with E-state index in [1.54, 1.807) is 0 Å². The normalized spacial score (nSPS) is 31.3. The predicted octanol–water partition coefficient (Wildman–Crippen LogP) is -0.732. The minimum Gasteiger partial charge on any atom is -0.376 e. The van der Waals surface area contributed by atoms with Crippen molar-refractivity contribution in [2.24, 2.45) is 0 Å². The maximum absolute atomic E-state index is 11.5. The molecule has 2 rings (SSSR count). The molecule has 2 aliphatic heterocycles. The first-order chi connectivity index (χ1) is 7.25. The highest BCUT2D eigenvalue weighted by molar-refractivity contribution is 5.77. The topological polar surface area (TPSA) is 59.6 Å². The molecule has 2 unspecified atom stereocenters. The van der Waals surface area contributed by atoms with Gasteiger partial charge in [-0.15, -0.1) is 0 Å². The highest BCUT2D eigenvalue weighted by atomic mass is 16.5. The van der Waals surface area contributed by atoms with Crippen LogP contribution in [0.5, 0.6) is 0 Å². The van der Waals surface area contributed by atoms with Crippen LogP contribution in [0, 0.1) is 0 Å². The second-order valence-corrected chi connectivity index (χ2v) is 4.13. The smallest absolute Gasteiger partial charge is 0.246 e. The maximum atomic E-state index is 11.5. The van der Waals surface area contributed by atoms with Crippen molar-refractivity contribution < 1.29 is 14.3 Å². The Balaban J connectivity index is 1.62. The van der Waals surface area contributed by atoms with Crippen LogP contribution in [-0.4, -0.2) is 50.5 Å². The van der Waals surface area contributed by atoms with E-state index in [0.29, 0.717) is 0 Å². The highest BCUT2D eigenvalue weighted by Crippen LogP contribution is 2.12. The van der Waals surface area contributed by atoms with Crippen LogP contribution in [0.4, 0.5) is 0 Å². The van der Waals surface area contributed by atoms with Gasteiger partial charge in [0, 0.05) is 19.7 Å². The number of ether oxygens (including phenoxy) is 2. The Labute approximate surface area is 89.5 Å². The van der Waals surface area contributed by atoms with Crippen molar-refractivity contribution in [3.05, 3.63) is 0 Å². The lowest BCUT2D eigenvalue weighted by Gasteiger charge is -2.27. The Hall–Kier alpha value is -0.650. The van der Waals surface area contributed by atoms with Crippen LogP contribution in [0.25, 0.3) is 0 Å². The third kappa shape index (κ3) is 2.90. The summed E-state index contributed by atoms with van der Waals surface area (Å²) in [7, 11) is 0. The zero-order valence-electron chi connectivity index (χ0n) is 8.99. The molecular formula is C10H18N2O3. The minimum atomic E-state index is -0.0377. The molecule has 2 atom stereocenters. The van der Waals surface area contributed by atoms with E-state index in [-0.39, 0.29) is 30.8 Å². The number of carbonyl (C=O) groups is 1. The molecule has 86 valence electrons. The van der Waals surface area contributed by atoms with Crippen molar-refractivity contribution in [1.82, 2.24) is 10.6 Å². The Morgan fingerprint density at radius 1 is 1.60 bits per heavy atom. The summed E-state index contributed by atoms with van der Waals surface area (Å²) >= 11 is 0. The maximum Gasteiger partial charge on any atom is 0.246 e. The number of hydrogen-bond donors (Lipinski definition) is 2. The summed E-state index contributed by atoms with van der Waals surface area (Å²) in [5.74, 6) is -0.0377. The van der Waals surface area contributed by atoms with Gasteiger partial charge >= 0.3 is 0 Å². The van der Waals surface area contributed by atoms with Gasteiger partial charge in [0.25, 0.3) is 0 Å². The molecule has 5 nitrogen and oxygen atoms in total. The van der Waals surface area contributed by atoms with Crippen LogP contribution in [0.3, 0.4) is 0 Å². The molecule has 2 N–H and O–H groups in total. The van der Waals surface area contributed by atoms with Crippen molar-refractivity contribution in [3.63, 3.8) is 0 Å². The van der Waals surface area contributed by atoms with Crippen LogP contribution in [0.1, 0.15) is 13.3 Å². The van der Waals surface area contributed by atoms with Gasteiger partial charge in [0.2, 0.25) is 5.91 Å². The van der Waals surface area contributed by atoms with Gasteiger partial charge in [0.1, 0.15) is 6.61 Å². The molecule has 0 aromatic heterocycles. The number of nitrogens with one attached hydrogen (secondary N) is 2. The van der Waals surface area contributed by atoms with Crippen molar-refractivity contribution in [2.45, 2.75) is 31.6 Å². The molecule has 1 amide bonds. The summed E-state index contributed by atoms with van der Waals surface area (Å²) in [6, 6.07) is 0.153. The molecule has 0 radical (unpaired) electrons. The summed E-state index contributed by atoms with van der Waals surface area (Å²) in [5, 5.41) is 6.01. The number of carbonyl (C=O) groups excluding carboxylic acids is 1. The average Bonchev–Trinajstić information content (AvgIpc) is 2.49. The lowest BCUT2D eigenvalue weighted by atomic mass is 10.1. The van der Waals surface area contributed by atoms with E-state index in [0.717, 1.165) is 26.1 Å². The largest absolute Gasteiger partial charge is 0.376 e. The van der Waals surface area contributed by atoms with Gasteiger partial charge in [-0.1, -0.05) is 0 Å². The van der Waals surface area contributed by atoms with Gasteiger partial charge in [0.15, 0.2) is 0 Å². The summed E-state index contributed by atoms with van der Waals surface area (Å²) < 4.78 is 10.7. The molecule has 2 heterocycles. The second kappa shape index (κ2) is 4.92. The molecule has 0 saturated carbocycles. The molecule has 0 bridgehead atoms. The Morgan fingerprint density at radius 2 is 2.40 bits per heavy atom. The van der Waals surface area contributed by atoms with Crippen LogP contribution in [-0.2, 0) is 14.3 Å². The first-order valence-corrected chi connectivity index (χ1v) is 5.49. The van der Waals surface area contributed by atoms with Gasteiger partial charge in [-0.2, -0.15) is 0 Å². The summed E-state index contributed by atoms with van der Waals surface area (Å²) in [6.07, 6.45) is 1.24. The fraction of sp³-hybridized carbons (Fsp3) is 0.900. The highest BCUT2D eigenvalue weighted by Gasteiger charge is 2.26. The lowest BCUT2D eigenvalue weighted by molar-refractivity contribution is -0.129. The number of amides is 1. The molecule has 0 aromatic rings. The van der Waals surface area contributed by atoms with E-state index in [1.165, 1.54) is 0 Å². The molecule has 2 saturated heterocycles. The van der Waals surface area contributed by atoms with Gasteiger partial charge < -0.3 is 20.1 Å². The van der Waals surface area contributed by atoms with Crippen molar-refractivity contribution >= 4 is 5.91 Å². The zero-order valence-corrected chi connectivity index (χ0v) is 8.99. The average molecular weight is 214 g/mol. The molecule has 2 aliphatic rings. The van der Waals surface area contributed by atoms with Gasteiger partial charge in [-0.05, 0) is 13.3 Å². The standard InChI is InChI=1S/C10H18N2O3/c1-7-9(2-3-14-7)12-10(13)6-15-8-4-11-5-8/h7-9,11H,2-6H2,1H3,(H,12,13). The lowest BCUT2D eigenvalue weighted by Crippen LogP contribution is -2.50. The molecule has 2 fully saturated rings. The molecule has 15 heavy (non-hydrogen) atoms. The SMILES string of the molecule is CC1OCCC1NC(=O)COC1CNC1. The van der Waals surface area contributed by atoms with Crippen LogP contribution < -0.4 is 10.6 Å². The van der Waals surface area contributed by atoms with Crippen molar-refractivity contribution in [3.8, 4) is 0 Å². The molecule has 0 aliphatic carbocycles. The monoisotopic (exact) mass is 214 g/mol. The first kappa shape index (κ1) is 10.9. The van der Waals surface area contributed by atoms with E-state index in [4.69, 9.17) is 9.47 Å². The van der Waals surface area contributed by atoms with E-state index < -0.39 is 0 Å². The zero-order chi connectivity index (χ0) is 10.7. The van der Waals surface area contributed by atoms with Crippen molar-refractivity contribution in [1.29, 1.82) is 0 Å². The molecule has 0 aromatic carbocycles. The third-order valence-electron chi connectivity index (χ3n) is 2.92. The minimum absolute atomic E-state index is 0.0377. The van der Waals surface area contributed by atoms with Crippen LogP contribution in [0.15, 0.2) is 0 Å². The summed E-state index contributed by atoms with van der Waals surface area (Å²) in [6.45, 7) is 4.59. The van der Waals surface area contributed by atoms with Gasteiger partial charge in [0.05, 0.1) is 18.2 Å².